The second-order valence-electron chi connectivity index (χ2n) is 3.21. The van der Waals surface area contributed by atoms with Crippen LogP contribution in [0.4, 0.5) is 0 Å². The van der Waals surface area contributed by atoms with Crippen molar-refractivity contribution in [3.63, 3.8) is 0 Å². The number of nitrogens with one attached hydrogen (secondary N) is 2. The smallest absolute Gasteiger partial charge is 0.217 e. The SMILES string of the molecule is CC(=O)NCC#Cc1cccc(C(=N)N)c1. The van der Waals surface area contributed by atoms with Crippen LogP contribution in [0.25, 0.3) is 0 Å². The minimum absolute atomic E-state index is 0.0190. The average Bonchev–Trinajstić information content (AvgIpc) is 2.24. The molecule has 4 nitrogen and oxygen atoms in total. The highest BCUT2D eigenvalue weighted by atomic mass is 16.1. The summed E-state index contributed by atoms with van der Waals surface area (Å²) in [5.41, 5.74) is 6.78. The van der Waals surface area contributed by atoms with E-state index >= 15 is 0 Å². The normalized spacial score (nSPS) is 8.81. The Balaban J connectivity index is 2.70. The van der Waals surface area contributed by atoms with Crippen LogP contribution in [0.1, 0.15) is 18.1 Å². The molecule has 0 aliphatic heterocycles. The molecule has 0 aliphatic rings. The van der Waals surface area contributed by atoms with Crippen LogP contribution in [0.5, 0.6) is 0 Å². The van der Waals surface area contributed by atoms with Crippen molar-refractivity contribution in [2.24, 2.45) is 5.73 Å². The Morgan fingerprint density at radius 3 is 2.94 bits per heavy atom. The van der Waals surface area contributed by atoms with E-state index in [0.717, 1.165) is 5.56 Å². The number of rotatable bonds is 2. The number of nitrogens with two attached hydrogens (primary N) is 1. The van der Waals surface area contributed by atoms with E-state index < -0.39 is 0 Å². The number of hydrogen-bond donors (Lipinski definition) is 3. The highest BCUT2D eigenvalue weighted by molar-refractivity contribution is 5.95. The Kier molecular flexibility index (Phi) is 4.10. The molecule has 0 heterocycles. The molecule has 0 atom stereocenters. The van der Waals surface area contributed by atoms with E-state index in [4.69, 9.17) is 11.1 Å². The van der Waals surface area contributed by atoms with Crippen molar-refractivity contribution in [3.8, 4) is 11.8 Å². The van der Waals surface area contributed by atoms with Gasteiger partial charge in [0.05, 0.1) is 6.54 Å². The van der Waals surface area contributed by atoms with Crippen LogP contribution < -0.4 is 11.1 Å². The summed E-state index contributed by atoms with van der Waals surface area (Å²) < 4.78 is 0. The summed E-state index contributed by atoms with van der Waals surface area (Å²) in [6.45, 7) is 1.76. The van der Waals surface area contributed by atoms with Gasteiger partial charge in [-0.3, -0.25) is 10.2 Å². The zero-order chi connectivity index (χ0) is 12.0. The molecule has 0 radical (unpaired) electrons. The van der Waals surface area contributed by atoms with Gasteiger partial charge < -0.3 is 11.1 Å². The first-order valence-electron chi connectivity index (χ1n) is 4.77. The van der Waals surface area contributed by atoms with E-state index in [1.54, 1.807) is 18.2 Å². The summed E-state index contributed by atoms with van der Waals surface area (Å²) >= 11 is 0. The van der Waals surface area contributed by atoms with Gasteiger partial charge in [0.2, 0.25) is 5.91 Å². The second-order valence-corrected chi connectivity index (χ2v) is 3.21. The molecule has 0 saturated heterocycles. The number of hydrogen-bond acceptors (Lipinski definition) is 2. The number of amides is 1. The molecule has 16 heavy (non-hydrogen) atoms. The fraction of sp³-hybridized carbons (Fsp3) is 0.167. The van der Waals surface area contributed by atoms with Gasteiger partial charge >= 0.3 is 0 Å². The van der Waals surface area contributed by atoms with Crippen molar-refractivity contribution < 1.29 is 4.79 Å². The number of carbonyl (C=O) groups excluding carboxylic acids is 1. The van der Waals surface area contributed by atoms with Crippen molar-refractivity contribution in [3.05, 3.63) is 35.4 Å². The van der Waals surface area contributed by atoms with Crippen LogP contribution in [0.15, 0.2) is 24.3 Å². The molecule has 1 aromatic rings. The molecule has 0 saturated carbocycles. The number of carbonyl (C=O) groups is 1. The number of benzene rings is 1. The summed E-state index contributed by atoms with van der Waals surface area (Å²) in [6.07, 6.45) is 0. The summed E-state index contributed by atoms with van der Waals surface area (Å²) in [7, 11) is 0. The Morgan fingerprint density at radius 2 is 2.31 bits per heavy atom. The van der Waals surface area contributed by atoms with E-state index in [-0.39, 0.29) is 11.7 Å². The molecule has 0 aliphatic carbocycles. The first kappa shape index (κ1) is 11.8. The molecule has 0 bridgehead atoms. The molecule has 4 heteroatoms. The van der Waals surface area contributed by atoms with Gasteiger partial charge in [-0.1, -0.05) is 24.0 Å². The maximum Gasteiger partial charge on any atom is 0.217 e. The number of nitrogen functional groups attached to an aromatic ring is 1. The van der Waals surface area contributed by atoms with Crippen molar-refractivity contribution in [2.75, 3.05) is 6.54 Å². The molecule has 0 fully saturated rings. The highest BCUT2D eigenvalue weighted by Gasteiger charge is 1.95. The minimum Gasteiger partial charge on any atom is -0.384 e. The Hall–Kier alpha value is -2.28. The van der Waals surface area contributed by atoms with Crippen molar-refractivity contribution in [2.45, 2.75) is 6.92 Å². The fourth-order valence-corrected chi connectivity index (χ4v) is 1.08. The molecule has 4 N–H and O–H groups in total. The van der Waals surface area contributed by atoms with Gasteiger partial charge in [-0.25, -0.2) is 0 Å². The first-order valence-corrected chi connectivity index (χ1v) is 4.77. The van der Waals surface area contributed by atoms with E-state index in [9.17, 15) is 4.79 Å². The van der Waals surface area contributed by atoms with Crippen LogP contribution >= 0.6 is 0 Å². The molecule has 1 amide bonds. The van der Waals surface area contributed by atoms with Crippen LogP contribution in [0, 0.1) is 17.3 Å². The molecule has 0 aromatic heterocycles. The highest BCUT2D eigenvalue weighted by Crippen LogP contribution is 2.02. The largest absolute Gasteiger partial charge is 0.384 e. The molecule has 0 spiro atoms. The summed E-state index contributed by atoms with van der Waals surface area (Å²) in [5.74, 6) is 5.60. The Bertz CT molecular complexity index is 469. The first-order chi connectivity index (χ1) is 7.59. The topological polar surface area (TPSA) is 79.0 Å². The molecule has 1 aromatic carbocycles. The Morgan fingerprint density at radius 1 is 1.56 bits per heavy atom. The van der Waals surface area contributed by atoms with Gasteiger partial charge in [0, 0.05) is 18.1 Å². The van der Waals surface area contributed by atoms with Crippen LogP contribution in [0.2, 0.25) is 0 Å². The fourth-order valence-electron chi connectivity index (χ4n) is 1.08. The standard InChI is InChI=1S/C12H13N3O/c1-9(16)15-7-3-5-10-4-2-6-11(8-10)12(13)14/h2,4,6,8H,7H2,1H3,(H3,13,14)(H,15,16). The average molecular weight is 215 g/mol. The van der Waals surface area contributed by atoms with Gasteiger partial charge in [-0.2, -0.15) is 0 Å². The summed E-state index contributed by atoms with van der Waals surface area (Å²) in [5, 5.41) is 9.85. The van der Waals surface area contributed by atoms with Crippen molar-refractivity contribution in [1.82, 2.24) is 5.32 Å². The quantitative estimate of drug-likeness (QED) is 0.380. The second kappa shape index (κ2) is 5.56. The third kappa shape index (κ3) is 3.84. The molecule has 1 rings (SSSR count). The van der Waals surface area contributed by atoms with Gasteiger partial charge in [0.1, 0.15) is 5.84 Å². The monoisotopic (exact) mass is 215 g/mol. The third-order valence-corrected chi connectivity index (χ3v) is 1.83. The van der Waals surface area contributed by atoms with Crippen LogP contribution in [-0.4, -0.2) is 18.3 Å². The van der Waals surface area contributed by atoms with Gasteiger partial charge in [-0.15, -0.1) is 0 Å². The summed E-state index contributed by atoms with van der Waals surface area (Å²) in [6, 6.07) is 7.11. The summed E-state index contributed by atoms with van der Waals surface area (Å²) in [4.78, 5) is 10.6. The van der Waals surface area contributed by atoms with Crippen LogP contribution in [-0.2, 0) is 4.79 Å². The Labute approximate surface area is 94.4 Å². The minimum atomic E-state index is -0.105. The predicted molar refractivity (Wildman–Crippen MR) is 63.0 cm³/mol. The van der Waals surface area contributed by atoms with Crippen LogP contribution in [0.3, 0.4) is 0 Å². The third-order valence-electron chi connectivity index (χ3n) is 1.83. The van der Waals surface area contributed by atoms with Crippen molar-refractivity contribution >= 4 is 11.7 Å². The zero-order valence-corrected chi connectivity index (χ0v) is 9.00. The molecule has 82 valence electrons. The zero-order valence-electron chi connectivity index (χ0n) is 9.00. The van der Waals surface area contributed by atoms with E-state index in [2.05, 4.69) is 17.2 Å². The number of amidine groups is 1. The lowest BCUT2D eigenvalue weighted by molar-refractivity contribution is -0.118. The molecule has 0 unspecified atom stereocenters. The lowest BCUT2D eigenvalue weighted by atomic mass is 10.1. The van der Waals surface area contributed by atoms with E-state index in [1.165, 1.54) is 6.92 Å². The van der Waals surface area contributed by atoms with Gasteiger partial charge in [0.15, 0.2) is 0 Å². The lowest BCUT2D eigenvalue weighted by Gasteiger charge is -1.97. The maximum absolute atomic E-state index is 10.6. The van der Waals surface area contributed by atoms with E-state index in [0.29, 0.717) is 12.1 Å². The van der Waals surface area contributed by atoms with Gasteiger partial charge in [0.25, 0.3) is 0 Å². The molecular weight excluding hydrogens is 202 g/mol. The predicted octanol–water partition coefficient (Wildman–Crippen LogP) is 0.458. The van der Waals surface area contributed by atoms with E-state index in [1.807, 2.05) is 6.07 Å². The van der Waals surface area contributed by atoms with Gasteiger partial charge in [-0.05, 0) is 12.1 Å². The molecular formula is C12H13N3O. The van der Waals surface area contributed by atoms with Crippen molar-refractivity contribution in [1.29, 1.82) is 5.41 Å². The maximum atomic E-state index is 10.6. The lowest BCUT2D eigenvalue weighted by Crippen LogP contribution is -2.19.